The molecule has 2 heterocycles. The highest BCUT2D eigenvalue weighted by atomic mass is 16.2. The van der Waals surface area contributed by atoms with E-state index in [0.717, 1.165) is 32.5 Å². The summed E-state index contributed by atoms with van der Waals surface area (Å²) in [5.74, 6) is 0.448. The maximum Gasteiger partial charge on any atom is 0.273 e. The van der Waals surface area contributed by atoms with Gasteiger partial charge in [0.1, 0.15) is 0 Å². The van der Waals surface area contributed by atoms with Gasteiger partial charge < -0.3 is 10.2 Å². The van der Waals surface area contributed by atoms with E-state index in [4.69, 9.17) is 0 Å². The Balaban J connectivity index is 1.75. The van der Waals surface area contributed by atoms with Gasteiger partial charge in [0.25, 0.3) is 5.91 Å². The Morgan fingerprint density at radius 2 is 2.11 bits per heavy atom. The summed E-state index contributed by atoms with van der Waals surface area (Å²) in [6.07, 6.45) is 2.30. The summed E-state index contributed by atoms with van der Waals surface area (Å²) >= 11 is 0. The average Bonchev–Trinajstić information content (AvgIpc) is 2.83. The zero-order chi connectivity index (χ0) is 13.8. The van der Waals surface area contributed by atoms with Gasteiger partial charge in [-0.05, 0) is 52.6 Å². The molecule has 0 aliphatic carbocycles. The third kappa shape index (κ3) is 3.53. The van der Waals surface area contributed by atoms with Crippen molar-refractivity contribution in [2.75, 3.05) is 19.6 Å². The highest BCUT2D eigenvalue weighted by molar-refractivity contribution is 5.93. The summed E-state index contributed by atoms with van der Waals surface area (Å²) in [5.41, 5.74) is 1.05. The lowest BCUT2D eigenvalue weighted by Gasteiger charge is -2.34. The van der Waals surface area contributed by atoms with Crippen LogP contribution in [-0.4, -0.2) is 51.9 Å². The Labute approximate surface area is 113 Å². The van der Waals surface area contributed by atoms with Gasteiger partial charge in [0.05, 0.1) is 5.69 Å². The zero-order valence-corrected chi connectivity index (χ0v) is 11.9. The number of H-pyrrole nitrogens is 1. The maximum atomic E-state index is 11.9. The van der Waals surface area contributed by atoms with Crippen LogP contribution in [0.2, 0.25) is 0 Å². The third-order valence-corrected chi connectivity index (χ3v) is 3.87. The van der Waals surface area contributed by atoms with E-state index in [1.165, 1.54) is 0 Å². The molecule has 1 amide bonds. The van der Waals surface area contributed by atoms with Crippen molar-refractivity contribution < 1.29 is 4.79 Å². The van der Waals surface area contributed by atoms with Crippen molar-refractivity contribution in [2.24, 2.45) is 5.92 Å². The molecule has 6 nitrogen and oxygen atoms in total. The summed E-state index contributed by atoms with van der Waals surface area (Å²) in [6.45, 7) is 9.23. The van der Waals surface area contributed by atoms with Crippen molar-refractivity contribution in [2.45, 2.75) is 39.7 Å². The van der Waals surface area contributed by atoms with E-state index in [-0.39, 0.29) is 5.91 Å². The summed E-state index contributed by atoms with van der Waals surface area (Å²) in [4.78, 5) is 14.4. The molecule has 0 atom stereocenters. The van der Waals surface area contributed by atoms with Gasteiger partial charge in [-0.15, -0.1) is 0 Å². The predicted octanol–water partition coefficient (Wildman–Crippen LogP) is 0.963. The molecule has 1 fully saturated rings. The number of amides is 1. The summed E-state index contributed by atoms with van der Waals surface area (Å²) < 4.78 is 0. The average molecular weight is 265 g/mol. The lowest BCUT2D eigenvalue weighted by Crippen LogP contribution is -2.41. The molecule has 0 radical (unpaired) electrons. The second-order valence-corrected chi connectivity index (χ2v) is 5.54. The first kappa shape index (κ1) is 14.0. The molecule has 0 bridgehead atoms. The van der Waals surface area contributed by atoms with E-state index in [1.54, 1.807) is 6.92 Å². The molecule has 1 aromatic heterocycles. The fourth-order valence-electron chi connectivity index (χ4n) is 2.49. The van der Waals surface area contributed by atoms with E-state index < -0.39 is 0 Å². The smallest absolute Gasteiger partial charge is 0.273 e. The van der Waals surface area contributed by atoms with E-state index in [2.05, 4.69) is 39.5 Å². The Morgan fingerprint density at radius 3 is 2.63 bits per heavy atom. The van der Waals surface area contributed by atoms with Gasteiger partial charge in [-0.1, -0.05) is 0 Å². The lowest BCUT2D eigenvalue weighted by atomic mass is 9.96. The number of nitrogens with one attached hydrogen (secondary N) is 2. The first-order valence-electron chi connectivity index (χ1n) is 6.97. The number of aromatic amines is 1. The van der Waals surface area contributed by atoms with Crippen molar-refractivity contribution in [1.82, 2.24) is 25.6 Å². The van der Waals surface area contributed by atoms with Crippen molar-refractivity contribution >= 4 is 5.91 Å². The van der Waals surface area contributed by atoms with Gasteiger partial charge in [-0.3, -0.25) is 4.79 Å². The molecule has 1 aliphatic rings. The first-order valence-corrected chi connectivity index (χ1v) is 6.97. The van der Waals surface area contributed by atoms with Gasteiger partial charge in [-0.25, -0.2) is 0 Å². The zero-order valence-electron chi connectivity index (χ0n) is 11.9. The highest BCUT2D eigenvalue weighted by Gasteiger charge is 2.22. The number of aromatic nitrogens is 3. The van der Waals surface area contributed by atoms with Crippen LogP contribution in [0.3, 0.4) is 0 Å². The number of carbonyl (C=O) groups excluding carboxylic acids is 1. The molecule has 1 aliphatic heterocycles. The topological polar surface area (TPSA) is 73.9 Å². The molecule has 6 heteroatoms. The molecule has 1 saturated heterocycles. The number of rotatable bonds is 4. The number of carbonyl (C=O) groups is 1. The van der Waals surface area contributed by atoms with E-state index in [9.17, 15) is 4.79 Å². The highest BCUT2D eigenvalue weighted by Crippen LogP contribution is 2.18. The third-order valence-electron chi connectivity index (χ3n) is 3.87. The first-order chi connectivity index (χ1) is 9.08. The van der Waals surface area contributed by atoms with Crippen molar-refractivity contribution in [3.63, 3.8) is 0 Å². The SMILES string of the molecule is Cc1n[nH]nc1C(=O)NCC1CCN(C(C)C)CC1. The maximum absolute atomic E-state index is 11.9. The Bertz CT molecular complexity index is 420. The van der Waals surface area contributed by atoms with Crippen LogP contribution in [-0.2, 0) is 0 Å². The molecule has 0 unspecified atom stereocenters. The van der Waals surface area contributed by atoms with Crippen LogP contribution in [0.5, 0.6) is 0 Å². The summed E-state index contributed by atoms with van der Waals surface area (Å²) in [6, 6.07) is 0.619. The van der Waals surface area contributed by atoms with Crippen LogP contribution >= 0.6 is 0 Å². The molecule has 0 aromatic carbocycles. The normalized spacial score (nSPS) is 17.9. The van der Waals surface area contributed by atoms with Gasteiger partial charge in [0.2, 0.25) is 0 Å². The van der Waals surface area contributed by atoms with Crippen molar-refractivity contribution in [1.29, 1.82) is 0 Å². The van der Waals surface area contributed by atoms with Crippen molar-refractivity contribution in [3.05, 3.63) is 11.4 Å². The van der Waals surface area contributed by atoms with Gasteiger partial charge >= 0.3 is 0 Å². The fraction of sp³-hybridized carbons (Fsp3) is 0.769. The Morgan fingerprint density at radius 1 is 1.42 bits per heavy atom. The molecule has 0 spiro atoms. The Hall–Kier alpha value is -1.43. The molecule has 19 heavy (non-hydrogen) atoms. The molecule has 106 valence electrons. The van der Waals surface area contributed by atoms with Crippen LogP contribution in [0.1, 0.15) is 42.9 Å². The van der Waals surface area contributed by atoms with Gasteiger partial charge in [-0.2, -0.15) is 15.4 Å². The molecule has 0 saturated carbocycles. The minimum absolute atomic E-state index is 0.127. The van der Waals surface area contributed by atoms with Crippen LogP contribution < -0.4 is 5.32 Å². The minimum Gasteiger partial charge on any atom is -0.350 e. The lowest BCUT2D eigenvalue weighted by molar-refractivity contribution is 0.0924. The molecular weight excluding hydrogens is 242 g/mol. The Kier molecular flexibility index (Phi) is 4.52. The van der Waals surface area contributed by atoms with Crippen LogP contribution in [0.15, 0.2) is 0 Å². The fourth-order valence-corrected chi connectivity index (χ4v) is 2.49. The minimum atomic E-state index is -0.127. The molecule has 2 rings (SSSR count). The van der Waals surface area contributed by atoms with E-state index >= 15 is 0 Å². The monoisotopic (exact) mass is 265 g/mol. The van der Waals surface area contributed by atoms with Crippen LogP contribution in [0, 0.1) is 12.8 Å². The summed E-state index contributed by atoms with van der Waals surface area (Å²) in [7, 11) is 0. The molecular formula is C13H23N5O. The predicted molar refractivity (Wildman–Crippen MR) is 72.9 cm³/mol. The number of hydrogen-bond donors (Lipinski definition) is 2. The quantitative estimate of drug-likeness (QED) is 0.850. The number of hydrogen-bond acceptors (Lipinski definition) is 4. The van der Waals surface area contributed by atoms with E-state index in [0.29, 0.717) is 23.3 Å². The number of piperidine rings is 1. The van der Waals surface area contributed by atoms with E-state index in [1.807, 2.05) is 0 Å². The number of likely N-dealkylation sites (tertiary alicyclic amines) is 1. The van der Waals surface area contributed by atoms with Crippen LogP contribution in [0.4, 0.5) is 0 Å². The number of nitrogens with zero attached hydrogens (tertiary/aromatic N) is 3. The molecule has 1 aromatic rings. The standard InChI is InChI=1S/C13H23N5O/c1-9(2)18-6-4-11(5-7-18)8-14-13(19)12-10(3)15-17-16-12/h9,11H,4-8H2,1-3H3,(H,14,19)(H,15,16,17). The second kappa shape index (κ2) is 6.14. The van der Waals surface area contributed by atoms with Gasteiger partial charge in [0, 0.05) is 12.6 Å². The molecule has 2 N–H and O–H groups in total. The van der Waals surface area contributed by atoms with Crippen LogP contribution in [0.25, 0.3) is 0 Å². The largest absolute Gasteiger partial charge is 0.350 e. The van der Waals surface area contributed by atoms with Crippen molar-refractivity contribution in [3.8, 4) is 0 Å². The second-order valence-electron chi connectivity index (χ2n) is 5.54. The number of aryl methyl sites for hydroxylation is 1. The summed E-state index contributed by atoms with van der Waals surface area (Å²) in [5, 5.41) is 13.1. The van der Waals surface area contributed by atoms with Gasteiger partial charge in [0.15, 0.2) is 5.69 Å².